The maximum atomic E-state index is 14.3. The molecule has 0 bridgehead atoms. The molecule has 4 rings (SSSR count). The molecule has 0 unspecified atom stereocenters. The summed E-state index contributed by atoms with van der Waals surface area (Å²) in [5.41, 5.74) is 1.18. The third-order valence-corrected chi connectivity index (χ3v) is 5.94. The van der Waals surface area contributed by atoms with E-state index >= 15 is 0 Å². The number of alkyl halides is 2. The van der Waals surface area contributed by atoms with Crippen molar-refractivity contribution in [2.24, 2.45) is 0 Å². The number of hydrogen-bond donors (Lipinski definition) is 0. The summed E-state index contributed by atoms with van der Waals surface area (Å²) in [6.45, 7) is -2.55. The summed E-state index contributed by atoms with van der Waals surface area (Å²) < 4.78 is 45.0. The molecule has 32 heavy (non-hydrogen) atoms. The second-order valence-corrected chi connectivity index (χ2v) is 8.39. The van der Waals surface area contributed by atoms with Gasteiger partial charge < -0.3 is 9.64 Å². The van der Waals surface area contributed by atoms with E-state index in [1.807, 2.05) is 4.57 Å². The number of hydrogen-bond acceptors (Lipinski definition) is 5. The van der Waals surface area contributed by atoms with Gasteiger partial charge in [-0.05, 0) is 42.7 Å². The Labute approximate surface area is 187 Å². The van der Waals surface area contributed by atoms with Crippen LogP contribution in [-0.4, -0.2) is 45.0 Å². The predicted molar refractivity (Wildman–Crippen MR) is 114 cm³/mol. The number of thioether (sulfide) groups is 1. The summed E-state index contributed by atoms with van der Waals surface area (Å²) in [5, 5.41) is 8.98. The van der Waals surface area contributed by atoms with Crippen LogP contribution in [0, 0.1) is 5.82 Å². The van der Waals surface area contributed by atoms with Crippen LogP contribution < -0.4 is 4.74 Å². The van der Waals surface area contributed by atoms with Gasteiger partial charge in [-0.25, -0.2) is 4.39 Å². The third kappa shape index (κ3) is 5.24. The largest absolute Gasteiger partial charge is 0.435 e. The van der Waals surface area contributed by atoms with Crippen LogP contribution in [0.4, 0.5) is 13.2 Å². The number of halogens is 3. The fourth-order valence-electron chi connectivity index (χ4n) is 3.24. The maximum Gasteiger partial charge on any atom is 0.387 e. The molecule has 2 aromatic carbocycles. The highest BCUT2D eigenvalue weighted by Crippen LogP contribution is 2.41. The highest BCUT2D eigenvalue weighted by atomic mass is 32.2. The van der Waals surface area contributed by atoms with E-state index in [1.165, 1.54) is 30.0 Å². The van der Waals surface area contributed by atoms with E-state index in [2.05, 4.69) is 14.9 Å². The van der Waals surface area contributed by atoms with Crippen LogP contribution in [0.3, 0.4) is 0 Å². The molecule has 10 heteroatoms. The standard InChI is InChI=1S/C22H21F3N4O2S/c1-28(12-14-6-10-16(11-7-14)31-21(24)25)19(30)13-32-22-27-26-20(29(22)15-8-9-15)17-4-2-3-5-18(17)23/h2-7,10-11,15,21H,8-9,12-13H2,1H3. The lowest BCUT2D eigenvalue weighted by atomic mass is 10.2. The fourth-order valence-corrected chi connectivity index (χ4v) is 4.18. The first-order chi connectivity index (χ1) is 15.4. The van der Waals surface area contributed by atoms with Crippen molar-refractivity contribution < 1.29 is 22.7 Å². The molecule has 0 saturated heterocycles. The Kier molecular flexibility index (Phi) is 6.69. The molecule has 1 aliphatic rings. The second kappa shape index (κ2) is 9.64. The Morgan fingerprint density at radius 1 is 1.19 bits per heavy atom. The summed E-state index contributed by atoms with van der Waals surface area (Å²) in [5.74, 6) is 0.198. The zero-order valence-corrected chi connectivity index (χ0v) is 18.1. The van der Waals surface area contributed by atoms with E-state index in [1.54, 1.807) is 42.3 Å². The van der Waals surface area contributed by atoms with Gasteiger partial charge in [-0.1, -0.05) is 36.0 Å². The van der Waals surface area contributed by atoms with E-state index in [-0.39, 0.29) is 29.3 Å². The first kappa shape index (κ1) is 22.2. The Balaban J connectivity index is 1.39. The number of amides is 1. The normalized spacial score (nSPS) is 13.4. The van der Waals surface area contributed by atoms with Crippen LogP contribution in [-0.2, 0) is 11.3 Å². The minimum absolute atomic E-state index is 0.0679. The summed E-state index contributed by atoms with van der Waals surface area (Å²) in [7, 11) is 1.67. The SMILES string of the molecule is CN(Cc1ccc(OC(F)F)cc1)C(=O)CSc1nnc(-c2ccccc2F)n1C1CC1. The lowest BCUT2D eigenvalue weighted by Gasteiger charge is -2.17. The number of nitrogens with zero attached hydrogens (tertiary/aromatic N) is 4. The minimum atomic E-state index is -2.88. The highest BCUT2D eigenvalue weighted by Gasteiger charge is 2.31. The Bertz CT molecular complexity index is 1090. The van der Waals surface area contributed by atoms with Crippen molar-refractivity contribution >= 4 is 17.7 Å². The van der Waals surface area contributed by atoms with E-state index in [0.29, 0.717) is 23.1 Å². The Hall–Kier alpha value is -3.01. The van der Waals surface area contributed by atoms with E-state index in [0.717, 1.165) is 18.4 Å². The van der Waals surface area contributed by atoms with Crippen LogP contribution in [0.15, 0.2) is 53.7 Å². The topological polar surface area (TPSA) is 60.2 Å². The maximum absolute atomic E-state index is 14.3. The van der Waals surface area contributed by atoms with Crippen LogP contribution in [0.25, 0.3) is 11.4 Å². The quantitative estimate of drug-likeness (QED) is 0.429. The summed E-state index contributed by atoms with van der Waals surface area (Å²) >= 11 is 1.27. The van der Waals surface area contributed by atoms with Gasteiger partial charge in [-0.3, -0.25) is 9.36 Å². The van der Waals surface area contributed by atoms with Crippen molar-refractivity contribution in [1.29, 1.82) is 0 Å². The summed E-state index contributed by atoms with van der Waals surface area (Å²) in [4.78, 5) is 14.2. The van der Waals surface area contributed by atoms with Gasteiger partial charge in [0.05, 0.1) is 11.3 Å². The van der Waals surface area contributed by atoms with Crippen LogP contribution in [0.5, 0.6) is 5.75 Å². The van der Waals surface area contributed by atoms with Crippen molar-refractivity contribution in [1.82, 2.24) is 19.7 Å². The third-order valence-electron chi connectivity index (χ3n) is 5.01. The van der Waals surface area contributed by atoms with Gasteiger partial charge in [0.25, 0.3) is 0 Å². The fraction of sp³-hybridized carbons (Fsp3) is 0.318. The van der Waals surface area contributed by atoms with Crippen molar-refractivity contribution in [2.75, 3.05) is 12.8 Å². The van der Waals surface area contributed by atoms with Gasteiger partial charge in [0.15, 0.2) is 11.0 Å². The molecule has 0 atom stereocenters. The summed E-state index contributed by atoms with van der Waals surface area (Å²) in [6, 6.07) is 12.8. The number of carbonyl (C=O) groups is 1. The molecule has 6 nitrogen and oxygen atoms in total. The van der Waals surface area contributed by atoms with Crippen LogP contribution in [0.2, 0.25) is 0 Å². The smallest absolute Gasteiger partial charge is 0.387 e. The predicted octanol–water partition coefficient (Wildman–Crippen LogP) is 4.77. The lowest BCUT2D eigenvalue weighted by Crippen LogP contribution is -2.27. The van der Waals surface area contributed by atoms with Gasteiger partial charge in [-0.2, -0.15) is 8.78 Å². The molecule has 1 amide bonds. The molecule has 0 radical (unpaired) electrons. The Morgan fingerprint density at radius 3 is 2.56 bits per heavy atom. The first-order valence-corrected chi connectivity index (χ1v) is 11.0. The van der Waals surface area contributed by atoms with Crippen molar-refractivity contribution in [2.45, 2.75) is 37.2 Å². The van der Waals surface area contributed by atoms with Gasteiger partial charge in [-0.15, -0.1) is 10.2 Å². The number of carbonyl (C=O) groups excluding carboxylic acids is 1. The molecule has 0 spiro atoms. The number of benzene rings is 2. The van der Waals surface area contributed by atoms with E-state index in [9.17, 15) is 18.0 Å². The van der Waals surface area contributed by atoms with Crippen LogP contribution >= 0.6 is 11.8 Å². The molecule has 1 heterocycles. The molecule has 1 fully saturated rings. The van der Waals surface area contributed by atoms with Crippen molar-refractivity contribution in [3.8, 4) is 17.1 Å². The molecule has 3 aromatic rings. The molecule has 0 aliphatic heterocycles. The van der Waals surface area contributed by atoms with Gasteiger partial charge in [0, 0.05) is 19.6 Å². The Morgan fingerprint density at radius 2 is 1.91 bits per heavy atom. The molecular weight excluding hydrogens is 441 g/mol. The van der Waals surface area contributed by atoms with Crippen molar-refractivity contribution in [3.05, 3.63) is 59.9 Å². The number of aromatic nitrogens is 3. The van der Waals surface area contributed by atoms with E-state index < -0.39 is 6.61 Å². The first-order valence-electron chi connectivity index (χ1n) is 10.0. The van der Waals surface area contributed by atoms with Crippen LogP contribution in [0.1, 0.15) is 24.4 Å². The zero-order chi connectivity index (χ0) is 22.7. The number of rotatable bonds is 9. The van der Waals surface area contributed by atoms with Gasteiger partial charge >= 0.3 is 6.61 Å². The summed E-state index contributed by atoms with van der Waals surface area (Å²) in [6.07, 6.45) is 1.93. The highest BCUT2D eigenvalue weighted by molar-refractivity contribution is 7.99. The average Bonchev–Trinajstić information content (AvgIpc) is 3.52. The molecular formula is C22H21F3N4O2S. The molecule has 0 N–H and O–H groups in total. The molecule has 1 aliphatic carbocycles. The molecule has 168 valence electrons. The minimum Gasteiger partial charge on any atom is -0.435 e. The van der Waals surface area contributed by atoms with E-state index in [4.69, 9.17) is 0 Å². The average molecular weight is 462 g/mol. The van der Waals surface area contributed by atoms with Gasteiger partial charge in [0.1, 0.15) is 11.6 Å². The van der Waals surface area contributed by atoms with Crippen molar-refractivity contribution in [3.63, 3.8) is 0 Å². The number of ether oxygens (including phenoxy) is 1. The van der Waals surface area contributed by atoms with Gasteiger partial charge in [0.2, 0.25) is 5.91 Å². The molecule has 1 aromatic heterocycles. The lowest BCUT2D eigenvalue weighted by molar-refractivity contribution is -0.127. The zero-order valence-electron chi connectivity index (χ0n) is 17.2. The second-order valence-electron chi connectivity index (χ2n) is 7.45. The molecule has 1 saturated carbocycles. The monoisotopic (exact) mass is 462 g/mol.